The lowest BCUT2D eigenvalue weighted by atomic mass is 10.1. The molecule has 0 unspecified atom stereocenters. The Labute approximate surface area is 118 Å². The highest BCUT2D eigenvalue weighted by Gasteiger charge is 2.13. The quantitative estimate of drug-likeness (QED) is 0.755. The van der Waals surface area contributed by atoms with E-state index in [0.29, 0.717) is 0 Å². The third-order valence-corrected chi connectivity index (χ3v) is 4.32. The van der Waals surface area contributed by atoms with Crippen LogP contribution in [0.4, 0.5) is 5.69 Å². The van der Waals surface area contributed by atoms with Gasteiger partial charge in [-0.3, -0.25) is 0 Å². The molecule has 2 rings (SSSR count). The number of nitrogens with zero attached hydrogens (tertiary/aromatic N) is 1. The molecule has 1 fully saturated rings. The third-order valence-electron chi connectivity index (χ3n) is 4.32. The molecule has 0 spiro atoms. The summed E-state index contributed by atoms with van der Waals surface area (Å²) in [4.78, 5) is 2.33. The zero-order chi connectivity index (χ0) is 13.5. The molecule has 0 aliphatic heterocycles. The first-order chi connectivity index (χ1) is 9.29. The third kappa shape index (κ3) is 4.54. The lowest BCUT2D eigenvalue weighted by Gasteiger charge is -2.20. The van der Waals surface area contributed by atoms with Crippen molar-refractivity contribution in [3.63, 3.8) is 0 Å². The Hall–Kier alpha value is -1.02. The van der Waals surface area contributed by atoms with E-state index in [2.05, 4.69) is 48.5 Å². The topological polar surface area (TPSA) is 15.3 Å². The van der Waals surface area contributed by atoms with Gasteiger partial charge in [0.2, 0.25) is 0 Å². The number of rotatable bonds is 7. The summed E-state index contributed by atoms with van der Waals surface area (Å²) in [5.74, 6) is 0.939. The highest BCUT2D eigenvalue weighted by molar-refractivity contribution is 5.46. The Kier molecular flexibility index (Phi) is 5.71. The van der Waals surface area contributed by atoms with E-state index in [-0.39, 0.29) is 0 Å². The minimum atomic E-state index is 0.939. The molecule has 0 heterocycles. The van der Waals surface area contributed by atoms with Crippen molar-refractivity contribution in [1.82, 2.24) is 5.32 Å². The summed E-state index contributed by atoms with van der Waals surface area (Å²) in [6.45, 7) is 5.58. The van der Waals surface area contributed by atoms with Gasteiger partial charge in [0.05, 0.1) is 0 Å². The van der Waals surface area contributed by atoms with Gasteiger partial charge in [0.25, 0.3) is 0 Å². The fraction of sp³-hybridized carbons (Fsp3) is 0.647. The van der Waals surface area contributed by atoms with Crippen LogP contribution in [0.5, 0.6) is 0 Å². The van der Waals surface area contributed by atoms with Crippen molar-refractivity contribution in [2.45, 2.75) is 39.0 Å². The van der Waals surface area contributed by atoms with Gasteiger partial charge in [-0.15, -0.1) is 0 Å². The molecule has 1 saturated carbocycles. The van der Waals surface area contributed by atoms with Gasteiger partial charge in [-0.1, -0.05) is 31.9 Å². The molecule has 19 heavy (non-hydrogen) atoms. The molecule has 0 atom stereocenters. The largest absolute Gasteiger partial charge is 0.373 e. The van der Waals surface area contributed by atoms with Crippen LogP contribution in [0.2, 0.25) is 0 Å². The van der Waals surface area contributed by atoms with Crippen LogP contribution in [0.15, 0.2) is 24.3 Å². The second-order valence-electron chi connectivity index (χ2n) is 5.80. The monoisotopic (exact) mass is 260 g/mol. The number of hydrogen-bond donors (Lipinski definition) is 1. The molecule has 0 bridgehead atoms. The lowest BCUT2D eigenvalue weighted by Crippen LogP contribution is -2.31. The lowest BCUT2D eigenvalue weighted by molar-refractivity contribution is 0.492. The zero-order valence-corrected chi connectivity index (χ0v) is 12.5. The van der Waals surface area contributed by atoms with Gasteiger partial charge in [-0.2, -0.15) is 0 Å². The van der Waals surface area contributed by atoms with Crippen molar-refractivity contribution in [1.29, 1.82) is 0 Å². The Balaban J connectivity index is 1.66. The van der Waals surface area contributed by atoms with Gasteiger partial charge in [-0.25, -0.2) is 0 Å². The minimum absolute atomic E-state index is 0.939. The van der Waals surface area contributed by atoms with Crippen molar-refractivity contribution < 1.29 is 0 Å². The predicted octanol–water partition coefficient (Wildman–Crippen LogP) is 3.47. The number of likely N-dealkylation sites (N-methyl/N-ethyl adjacent to an activating group) is 1. The summed E-state index contributed by atoms with van der Waals surface area (Å²) in [6, 6.07) is 8.93. The summed E-state index contributed by atoms with van der Waals surface area (Å²) in [7, 11) is 2.18. The van der Waals surface area contributed by atoms with Crippen LogP contribution in [0.25, 0.3) is 0 Å². The molecule has 1 aromatic carbocycles. The van der Waals surface area contributed by atoms with Crippen molar-refractivity contribution in [2.75, 3.05) is 31.6 Å². The maximum atomic E-state index is 3.61. The molecule has 1 aliphatic rings. The van der Waals surface area contributed by atoms with Crippen LogP contribution in [-0.2, 0) is 6.42 Å². The maximum absolute atomic E-state index is 3.61. The highest BCUT2D eigenvalue weighted by atomic mass is 15.1. The Morgan fingerprint density at radius 2 is 1.84 bits per heavy atom. The number of aryl methyl sites for hydroxylation is 1. The van der Waals surface area contributed by atoms with Gasteiger partial charge in [-0.05, 0) is 49.4 Å². The number of benzene rings is 1. The predicted molar refractivity (Wildman–Crippen MR) is 83.9 cm³/mol. The van der Waals surface area contributed by atoms with Crippen molar-refractivity contribution in [2.24, 2.45) is 5.92 Å². The van der Waals surface area contributed by atoms with E-state index in [1.165, 1.54) is 43.5 Å². The fourth-order valence-corrected chi connectivity index (χ4v) is 2.88. The fourth-order valence-electron chi connectivity index (χ4n) is 2.88. The Morgan fingerprint density at radius 3 is 2.47 bits per heavy atom. The average Bonchev–Trinajstić information content (AvgIpc) is 2.96. The van der Waals surface area contributed by atoms with Crippen molar-refractivity contribution in [3.8, 4) is 0 Å². The molecule has 0 amide bonds. The van der Waals surface area contributed by atoms with Gasteiger partial charge < -0.3 is 10.2 Å². The zero-order valence-electron chi connectivity index (χ0n) is 12.5. The molecule has 1 N–H and O–H groups in total. The van der Waals surface area contributed by atoms with E-state index in [0.717, 1.165) is 25.4 Å². The SMILES string of the molecule is CCc1ccc(N(C)CCNCC2CCCC2)cc1. The van der Waals surface area contributed by atoms with E-state index in [4.69, 9.17) is 0 Å². The first-order valence-electron chi connectivity index (χ1n) is 7.80. The summed E-state index contributed by atoms with van der Waals surface area (Å²) in [6.07, 6.45) is 6.86. The Bertz CT molecular complexity index is 352. The van der Waals surface area contributed by atoms with Crippen molar-refractivity contribution >= 4 is 5.69 Å². The second-order valence-corrected chi connectivity index (χ2v) is 5.80. The summed E-state index contributed by atoms with van der Waals surface area (Å²) in [5.41, 5.74) is 2.73. The number of anilines is 1. The standard InChI is InChI=1S/C17H28N2/c1-3-15-8-10-17(11-9-15)19(2)13-12-18-14-16-6-4-5-7-16/h8-11,16,18H,3-7,12-14H2,1-2H3. The first kappa shape index (κ1) is 14.4. The number of nitrogens with one attached hydrogen (secondary N) is 1. The van der Waals surface area contributed by atoms with E-state index >= 15 is 0 Å². The highest BCUT2D eigenvalue weighted by Crippen LogP contribution is 2.23. The molecular weight excluding hydrogens is 232 g/mol. The summed E-state index contributed by atoms with van der Waals surface area (Å²) >= 11 is 0. The van der Waals surface area contributed by atoms with Crippen LogP contribution in [0.1, 0.15) is 38.2 Å². The molecule has 2 nitrogen and oxygen atoms in total. The normalized spacial score (nSPS) is 15.9. The molecule has 2 heteroatoms. The minimum Gasteiger partial charge on any atom is -0.373 e. The average molecular weight is 260 g/mol. The van der Waals surface area contributed by atoms with Crippen molar-refractivity contribution in [3.05, 3.63) is 29.8 Å². The van der Waals surface area contributed by atoms with Gasteiger partial charge in [0.15, 0.2) is 0 Å². The molecule has 0 radical (unpaired) electrons. The molecular formula is C17H28N2. The van der Waals surface area contributed by atoms with Crippen LogP contribution in [0.3, 0.4) is 0 Å². The van der Waals surface area contributed by atoms with E-state index in [1.54, 1.807) is 0 Å². The summed E-state index contributed by atoms with van der Waals surface area (Å²) in [5, 5.41) is 3.61. The Morgan fingerprint density at radius 1 is 1.16 bits per heavy atom. The maximum Gasteiger partial charge on any atom is 0.0364 e. The van der Waals surface area contributed by atoms with Gasteiger partial charge in [0, 0.05) is 25.8 Å². The second kappa shape index (κ2) is 7.54. The first-order valence-corrected chi connectivity index (χ1v) is 7.80. The van der Waals surface area contributed by atoms with Crippen LogP contribution in [-0.4, -0.2) is 26.7 Å². The summed E-state index contributed by atoms with van der Waals surface area (Å²) < 4.78 is 0. The molecule has 106 valence electrons. The van der Waals surface area contributed by atoms with Crippen LogP contribution in [0, 0.1) is 5.92 Å². The van der Waals surface area contributed by atoms with E-state index in [9.17, 15) is 0 Å². The molecule has 0 aromatic heterocycles. The molecule has 1 aliphatic carbocycles. The van der Waals surface area contributed by atoms with E-state index in [1.807, 2.05) is 0 Å². The van der Waals surface area contributed by atoms with Gasteiger partial charge in [0.1, 0.15) is 0 Å². The number of hydrogen-bond acceptors (Lipinski definition) is 2. The van der Waals surface area contributed by atoms with Crippen LogP contribution >= 0.6 is 0 Å². The molecule has 1 aromatic rings. The van der Waals surface area contributed by atoms with E-state index < -0.39 is 0 Å². The smallest absolute Gasteiger partial charge is 0.0364 e. The van der Waals surface area contributed by atoms with Gasteiger partial charge >= 0.3 is 0 Å². The molecule has 0 saturated heterocycles. The van der Waals surface area contributed by atoms with Crippen LogP contribution < -0.4 is 10.2 Å².